The largest absolute Gasteiger partial charge is 0.336 e. The number of carbonyl (C=O) groups excluding carboxylic acids is 1. The first-order valence-corrected chi connectivity index (χ1v) is 13.7. The molecule has 1 amide bonds. The molecule has 3 heterocycles. The molecule has 1 aliphatic heterocycles. The molecule has 0 bridgehead atoms. The third kappa shape index (κ3) is 5.26. The summed E-state index contributed by atoms with van der Waals surface area (Å²) in [7, 11) is -3.61. The SMILES string of the molecule is O=C(c1ccc(CS(=O)(=O)c2cccc3cccnc23)cc1)N1CCN(Cc2ccncc2Cl)CC1. The molecule has 1 saturated heterocycles. The van der Waals surface area contributed by atoms with Gasteiger partial charge in [-0.3, -0.25) is 19.7 Å². The van der Waals surface area contributed by atoms with Gasteiger partial charge in [0.15, 0.2) is 9.84 Å². The highest BCUT2D eigenvalue weighted by molar-refractivity contribution is 7.90. The number of hydrogen-bond donors (Lipinski definition) is 0. The Balaban J connectivity index is 1.22. The third-order valence-corrected chi connectivity index (χ3v) is 8.45. The summed E-state index contributed by atoms with van der Waals surface area (Å²) in [4.78, 5) is 25.6. The molecule has 0 N–H and O–H groups in total. The van der Waals surface area contributed by atoms with Crippen LogP contribution in [0.1, 0.15) is 21.5 Å². The van der Waals surface area contributed by atoms with Crippen LogP contribution in [-0.2, 0) is 22.1 Å². The van der Waals surface area contributed by atoms with Crippen LogP contribution in [0.2, 0.25) is 5.02 Å². The Morgan fingerprint density at radius 2 is 1.67 bits per heavy atom. The van der Waals surface area contributed by atoms with E-state index in [1.54, 1.807) is 61.1 Å². The minimum atomic E-state index is -3.61. The van der Waals surface area contributed by atoms with Gasteiger partial charge in [0.1, 0.15) is 0 Å². The van der Waals surface area contributed by atoms with Crippen LogP contribution >= 0.6 is 11.6 Å². The van der Waals surface area contributed by atoms with E-state index in [1.165, 1.54) is 0 Å². The molecular formula is C27H25ClN4O3S. The first kappa shape index (κ1) is 24.4. The summed E-state index contributed by atoms with van der Waals surface area (Å²) in [6.07, 6.45) is 4.97. The van der Waals surface area contributed by atoms with Crippen LogP contribution < -0.4 is 0 Å². The minimum absolute atomic E-state index is 0.0516. The highest BCUT2D eigenvalue weighted by Gasteiger charge is 2.23. The van der Waals surface area contributed by atoms with E-state index in [0.717, 1.165) is 30.6 Å². The zero-order valence-corrected chi connectivity index (χ0v) is 21.1. The van der Waals surface area contributed by atoms with E-state index in [4.69, 9.17) is 11.6 Å². The highest BCUT2D eigenvalue weighted by Crippen LogP contribution is 2.24. The van der Waals surface area contributed by atoms with Crippen LogP contribution in [0, 0.1) is 0 Å². The van der Waals surface area contributed by atoms with Crippen molar-refractivity contribution >= 4 is 38.2 Å². The van der Waals surface area contributed by atoms with Gasteiger partial charge in [-0.25, -0.2) is 8.42 Å². The Hall–Kier alpha value is -3.33. The fourth-order valence-corrected chi connectivity index (χ4v) is 6.15. The predicted molar refractivity (Wildman–Crippen MR) is 140 cm³/mol. The van der Waals surface area contributed by atoms with Crippen molar-refractivity contribution in [1.29, 1.82) is 0 Å². The number of hydrogen-bond acceptors (Lipinski definition) is 6. The van der Waals surface area contributed by atoms with E-state index in [0.29, 0.717) is 34.8 Å². The van der Waals surface area contributed by atoms with Crippen LogP contribution in [0.25, 0.3) is 10.9 Å². The van der Waals surface area contributed by atoms with Crippen molar-refractivity contribution in [2.45, 2.75) is 17.2 Å². The molecule has 1 aliphatic rings. The summed E-state index contributed by atoms with van der Waals surface area (Å²) in [6.45, 7) is 3.45. The number of para-hydroxylation sites is 1. The molecule has 36 heavy (non-hydrogen) atoms. The highest BCUT2D eigenvalue weighted by atomic mass is 35.5. The van der Waals surface area contributed by atoms with Crippen molar-refractivity contribution < 1.29 is 13.2 Å². The second-order valence-corrected chi connectivity index (χ2v) is 11.2. The van der Waals surface area contributed by atoms with Crippen LogP contribution in [0.15, 0.2) is 84.1 Å². The molecule has 5 rings (SSSR count). The van der Waals surface area contributed by atoms with Gasteiger partial charge in [-0.2, -0.15) is 0 Å². The fraction of sp³-hybridized carbons (Fsp3) is 0.222. The number of benzene rings is 2. The summed E-state index contributed by atoms with van der Waals surface area (Å²) in [6, 6.07) is 17.5. The summed E-state index contributed by atoms with van der Waals surface area (Å²) in [5.41, 5.74) is 2.67. The average Bonchev–Trinajstić information content (AvgIpc) is 2.90. The molecule has 1 fully saturated rings. The molecule has 9 heteroatoms. The van der Waals surface area contributed by atoms with Crippen molar-refractivity contribution in [2.24, 2.45) is 0 Å². The van der Waals surface area contributed by atoms with Crippen LogP contribution in [0.5, 0.6) is 0 Å². The second kappa shape index (κ2) is 10.3. The molecule has 0 unspecified atom stereocenters. The second-order valence-electron chi connectivity index (χ2n) is 8.82. The molecular weight excluding hydrogens is 496 g/mol. The van der Waals surface area contributed by atoms with Gasteiger partial charge in [0, 0.05) is 62.3 Å². The van der Waals surface area contributed by atoms with E-state index < -0.39 is 9.84 Å². The van der Waals surface area contributed by atoms with Gasteiger partial charge >= 0.3 is 0 Å². The molecule has 0 aliphatic carbocycles. The number of nitrogens with zero attached hydrogens (tertiary/aromatic N) is 4. The van der Waals surface area contributed by atoms with Crippen molar-refractivity contribution in [3.8, 4) is 0 Å². The van der Waals surface area contributed by atoms with Gasteiger partial charge in [0.05, 0.1) is 21.2 Å². The number of fused-ring (bicyclic) bond motifs is 1. The number of aromatic nitrogens is 2. The van der Waals surface area contributed by atoms with E-state index in [2.05, 4.69) is 14.9 Å². The third-order valence-electron chi connectivity index (χ3n) is 6.40. The Bertz CT molecular complexity index is 1500. The number of halogens is 1. The van der Waals surface area contributed by atoms with Gasteiger partial charge < -0.3 is 4.90 Å². The molecule has 2 aromatic heterocycles. The van der Waals surface area contributed by atoms with E-state index >= 15 is 0 Å². The van der Waals surface area contributed by atoms with Gasteiger partial charge in [0.2, 0.25) is 0 Å². The Kier molecular flexibility index (Phi) is 7.00. The summed E-state index contributed by atoms with van der Waals surface area (Å²) < 4.78 is 26.3. The standard InChI is InChI=1S/C27H25ClN4O3S/c28-24-17-29-12-10-23(24)18-31-13-15-32(16-14-31)27(33)22-8-6-20(7-9-22)19-36(34,35)25-5-1-3-21-4-2-11-30-26(21)25/h1-12,17H,13-16,18-19H2. The topological polar surface area (TPSA) is 83.5 Å². The molecule has 0 radical (unpaired) electrons. The fourth-order valence-electron chi connectivity index (χ4n) is 4.43. The normalized spacial score (nSPS) is 14.8. The Labute approximate surface area is 215 Å². The van der Waals surface area contributed by atoms with Crippen molar-refractivity contribution in [2.75, 3.05) is 26.2 Å². The quantitative estimate of drug-likeness (QED) is 0.378. The van der Waals surface area contributed by atoms with Crippen molar-refractivity contribution in [3.63, 3.8) is 0 Å². The Morgan fingerprint density at radius 3 is 2.42 bits per heavy atom. The van der Waals surface area contributed by atoms with Gasteiger partial charge in [-0.1, -0.05) is 41.9 Å². The lowest BCUT2D eigenvalue weighted by atomic mass is 10.1. The molecule has 0 saturated carbocycles. The monoisotopic (exact) mass is 520 g/mol. The number of rotatable bonds is 6. The van der Waals surface area contributed by atoms with Crippen LogP contribution in [-0.4, -0.2) is 60.3 Å². The average molecular weight is 521 g/mol. The smallest absolute Gasteiger partial charge is 0.253 e. The van der Waals surface area contributed by atoms with E-state index in [9.17, 15) is 13.2 Å². The lowest BCUT2D eigenvalue weighted by molar-refractivity contribution is 0.0628. The zero-order chi connectivity index (χ0) is 25.1. The zero-order valence-electron chi connectivity index (χ0n) is 19.5. The summed E-state index contributed by atoms with van der Waals surface area (Å²) in [5.74, 6) is -0.211. The number of carbonyl (C=O) groups is 1. The van der Waals surface area contributed by atoms with E-state index in [1.807, 2.05) is 23.1 Å². The van der Waals surface area contributed by atoms with Crippen molar-refractivity contribution in [1.82, 2.24) is 19.8 Å². The molecule has 0 spiro atoms. The first-order chi connectivity index (χ1) is 17.4. The van der Waals surface area contributed by atoms with Crippen LogP contribution in [0.3, 0.4) is 0 Å². The molecule has 4 aromatic rings. The Morgan fingerprint density at radius 1 is 0.917 bits per heavy atom. The summed E-state index contributed by atoms with van der Waals surface area (Å²) in [5, 5.41) is 1.43. The number of piperazine rings is 1. The van der Waals surface area contributed by atoms with Gasteiger partial charge in [0.25, 0.3) is 5.91 Å². The molecule has 0 atom stereocenters. The van der Waals surface area contributed by atoms with Gasteiger partial charge in [-0.05, 0) is 41.5 Å². The maximum atomic E-state index is 13.1. The summed E-state index contributed by atoms with van der Waals surface area (Å²) >= 11 is 6.22. The molecule has 2 aromatic carbocycles. The van der Waals surface area contributed by atoms with Gasteiger partial charge in [-0.15, -0.1) is 0 Å². The van der Waals surface area contributed by atoms with E-state index in [-0.39, 0.29) is 16.6 Å². The minimum Gasteiger partial charge on any atom is -0.336 e. The van der Waals surface area contributed by atoms with Crippen LogP contribution in [0.4, 0.5) is 0 Å². The number of sulfone groups is 1. The lowest BCUT2D eigenvalue weighted by Crippen LogP contribution is -2.48. The van der Waals surface area contributed by atoms with Crippen molar-refractivity contribution in [3.05, 3.63) is 101 Å². The predicted octanol–water partition coefficient (Wildman–Crippen LogP) is 4.22. The number of pyridine rings is 2. The molecule has 7 nitrogen and oxygen atoms in total. The maximum absolute atomic E-state index is 13.1. The number of amides is 1. The first-order valence-electron chi connectivity index (χ1n) is 11.7. The maximum Gasteiger partial charge on any atom is 0.253 e. The molecule has 184 valence electrons. The lowest BCUT2D eigenvalue weighted by Gasteiger charge is -2.35.